The summed E-state index contributed by atoms with van der Waals surface area (Å²) in [7, 11) is 0. The normalized spacial score (nSPS) is 16.5. The Labute approximate surface area is 213 Å². The number of hydrogen-bond donors (Lipinski definition) is 1. The lowest BCUT2D eigenvalue weighted by Gasteiger charge is -2.29. The molecule has 1 N–H and O–H groups in total. The number of pyridine rings is 2. The highest BCUT2D eigenvalue weighted by molar-refractivity contribution is 7.22. The number of fused-ring (bicyclic) bond motifs is 1. The van der Waals surface area contributed by atoms with Crippen LogP contribution >= 0.6 is 11.3 Å². The highest BCUT2D eigenvalue weighted by atomic mass is 32.1. The van der Waals surface area contributed by atoms with Crippen LogP contribution in [0.25, 0.3) is 21.8 Å². The van der Waals surface area contributed by atoms with Crippen molar-refractivity contribution < 1.29 is 9.21 Å². The highest BCUT2D eigenvalue weighted by Crippen LogP contribution is 2.36. The number of nitrogens with zero attached hydrogens (tertiary/aromatic N) is 6. The first kappa shape index (κ1) is 22.9. The van der Waals surface area contributed by atoms with Gasteiger partial charge >= 0.3 is 0 Å². The van der Waals surface area contributed by atoms with Crippen molar-refractivity contribution >= 4 is 44.2 Å². The summed E-state index contributed by atoms with van der Waals surface area (Å²) in [6.45, 7) is 5.79. The summed E-state index contributed by atoms with van der Waals surface area (Å²) in [5.41, 5.74) is 3.21. The first-order valence-corrected chi connectivity index (χ1v) is 13.5. The maximum atomic E-state index is 13.3. The van der Waals surface area contributed by atoms with Crippen molar-refractivity contribution in [1.82, 2.24) is 19.9 Å². The fraction of sp³-hybridized carbons (Fsp3) is 0.423. The summed E-state index contributed by atoms with van der Waals surface area (Å²) in [5.74, 6) is 0.828. The van der Waals surface area contributed by atoms with Crippen molar-refractivity contribution in [2.75, 3.05) is 41.3 Å². The number of rotatable bonds is 5. The maximum Gasteiger partial charge on any atom is 0.277 e. The minimum atomic E-state index is -0.327. The van der Waals surface area contributed by atoms with Crippen LogP contribution in [0.15, 0.2) is 35.1 Å². The van der Waals surface area contributed by atoms with E-state index in [0.29, 0.717) is 11.6 Å². The maximum absolute atomic E-state index is 13.3. The van der Waals surface area contributed by atoms with E-state index >= 15 is 0 Å². The van der Waals surface area contributed by atoms with Crippen LogP contribution < -0.4 is 15.1 Å². The standard InChI is InChI=1S/C26H29N7O2S/c1-17-18(9-8-10-27-17)25-29-20(16-35-25)24(34)28-19-15-21-22(30-23(19)32-11-4-2-5-12-32)31-26(36-21)33-13-6-3-7-14-33/h8-10,15-16H,2-7,11-14H2,1H3,(H,28,34). The Morgan fingerprint density at radius 1 is 1.00 bits per heavy atom. The molecule has 0 spiro atoms. The van der Waals surface area contributed by atoms with Crippen LogP contribution in [0.3, 0.4) is 0 Å². The molecular formula is C26H29N7O2S. The first-order chi connectivity index (χ1) is 17.7. The zero-order valence-corrected chi connectivity index (χ0v) is 21.2. The first-order valence-electron chi connectivity index (χ1n) is 12.7. The van der Waals surface area contributed by atoms with Gasteiger partial charge in [0.1, 0.15) is 6.26 Å². The number of anilines is 3. The number of amides is 1. The molecule has 0 bridgehead atoms. The van der Waals surface area contributed by atoms with Gasteiger partial charge in [0, 0.05) is 38.1 Å². The zero-order chi connectivity index (χ0) is 24.5. The minimum absolute atomic E-state index is 0.219. The van der Waals surface area contributed by atoms with Gasteiger partial charge in [-0.25, -0.2) is 9.97 Å². The second-order valence-corrected chi connectivity index (χ2v) is 10.4. The molecule has 10 heteroatoms. The Kier molecular flexibility index (Phi) is 6.27. The van der Waals surface area contributed by atoms with Gasteiger partial charge in [-0.05, 0) is 63.6 Å². The van der Waals surface area contributed by atoms with Crippen molar-refractivity contribution in [3.63, 3.8) is 0 Å². The molecule has 9 nitrogen and oxygen atoms in total. The molecule has 2 saturated heterocycles. The third-order valence-corrected chi connectivity index (χ3v) is 7.91. The molecule has 6 heterocycles. The van der Waals surface area contributed by atoms with E-state index in [1.807, 2.05) is 25.1 Å². The van der Waals surface area contributed by atoms with Crippen LogP contribution in [0.1, 0.15) is 54.7 Å². The van der Waals surface area contributed by atoms with Gasteiger partial charge in [0.2, 0.25) is 5.89 Å². The largest absolute Gasteiger partial charge is 0.444 e. The Bertz CT molecular complexity index is 1390. The average Bonchev–Trinajstić information content (AvgIpc) is 3.57. The predicted octanol–water partition coefficient (Wildman–Crippen LogP) is 5.28. The number of nitrogens with one attached hydrogen (secondary N) is 1. The van der Waals surface area contributed by atoms with Crippen LogP contribution in [0.5, 0.6) is 0 Å². The van der Waals surface area contributed by atoms with E-state index in [1.165, 1.54) is 31.9 Å². The number of piperidine rings is 2. The number of carbonyl (C=O) groups excluding carboxylic acids is 1. The second kappa shape index (κ2) is 9.85. The van der Waals surface area contributed by atoms with Crippen molar-refractivity contribution in [1.29, 1.82) is 0 Å². The van der Waals surface area contributed by atoms with Crippen LogP contribution in [0.2, 0.25) is 0 Å². The van der Waals surface area contributed by atoms with Crippen LogP contribution in [-0.4, -0.2) is 52.0 Å². The highest BCUT2D eigenvalue weighted by Gasteiger charge is 2.23. The molecule has 0 aliphatic carbocycles. The molecule has 2 fully saturated rings. The van der Waals surface area contributed by atoms with Gasteiger partial charge in [-0.1, -0.05) is 11.3 Å². The summed E-state index contributed by atoms with van der Waals surface area (Å²) >= 11 is 1.64. The number of thiazole rings is 1. The van der Waals surface area contributed by atoms with Gasteiger partial charge in [0.05, 0.1) is 16.0 Å². The van der Waals surface area contributed by atoms with E-state index in [2.05, 4.69) is 25.1 Å². The van der Waals surface area contributed by atoms with Gasteiger partial charge in [-0.15, -0.1) is 0 Å². The van der Waals surface area contributed by atoms with Crippen LogP contribution in [0, 0.1) is 6.92 Å². The van der Waals surface area contributed by atoms with Gasteiger partial charge in [-0.3, -0.25) is 9.78 Å². The summed E-state index contributed by atoms with van der Waals surface area (Å²) < 4.78 is 6.60. The number of aryl methyl sites for hydroxylation is 1. The Hall–Kier alpha value is -3.53. The lowest BCUT2D eigenvalue weighted by molar-refractivity contribution is 0.102. The fourth-order valence-corrected chi connectivity index (χ4v) is 5.90. The van der Waals surface area contributed by atoms with Crippen LogP contribution in [0.4, 0.5) is 16.6 Å². The molecule has 0 saturated carbocycles. The molecule has 4 aromatic heterocycles. The molecule has 0 atom stereocenters. The smallest absolute Gasteiger partial charge is 0.277 e. The summed E-state index contributed by atoms with van der Waals surface area (Å²) in [4.78, 5) is 36.4. The number of oxazole rings is 1. The summed E-state index contributed by atoms with van der Waals surface area (Å²) in [5, 5.41) is 4.08. The molecule has 4 aromatic rings. The van der Waals surface area contributed by atoms with Crippen molar-refractivity contribution in [3.8, 4) is 11.5 Å². The lowest BCUT2D eigenvalue weighted by Crippen LogP contribution is -2.31. The van der Waals surface area contributed by atoms with Gasteiger partial charge in [0.15, 0.2) is 22.3 Å². The third-order valence-electron chi connectivity index (χ3n) is 6.86. The lowest BCUT2D eigenvalue weighted by atomic mass is 10.1. The number of carbonyl (C=O) groups is 1. The minimum Gasteiger partial charge on any atom is -0.444 e. The fourth-order valence-electron chi connectivity index (χ4n) is 4.90. The molecule has 1 amide bonds. The molecule has 186 valence electrons. The zero-order valence-electron chi connectivity index (χ0n) is 20.4. The molecule has 2 aliphatic rings. The quantitative estimate of drug-likeness (QED) is 0.392. The summed E-state index contributed by atoms with van der Waals surface area (Å²) in [6.07, 6.45) is 10.2. The van der Waals surface area contributed by atoms with E-state index < -0.39 is 0 Å². The van der Waals surface area contributed by atoms with E-state index in [-0.39, 0.29) is 11.6 Å². The number of hydrogen-bond acceptors (Lipinski definition) is 9. The summed E-state index contributed by atoms with van der Waals surface area (Å²) in [6, 6.07) is 5.72. The number of aromatic nitrogens is 4. The average molecular weight is 504 g/mol. The third kappa shape index (κ3) is 4.53. The molecule has 0 unspecified atom stereocenters. The molecule has 36 heavy (non-hydrogen) atoms. The van der Waals surface area contributed by atoms with E-state index in [9.17, 15) is 4.79 Å². The Balaban J connectivity index is 1.32. The monoisotopic (exact) mass is 503 g/mol. The van der Waals surface area contributed by atoms with Gasteiger partial charge in [0.25, 0.3) is 5.91 Å². The Morgan fingerprint density at radius 3 is 2.50 bits per heavy atom. The van der Waals surface area contributed by atoms with Gasteiger partial charge < -0.3 is 19.5 Å². The second-order valence-electron chi connectivity index (χ2n) is 9.40. The van der Waals surface area contributed by atoms with Crippen LogP contribution in [-0.2, 0) is 0 Å². The van der Waals surface area contributed by atoms with Crippen molar-refractivity contribution in [2.45, 2.75) is 45.4 Å². The predicted molar refractivity (Wildman–Crippen MR) is 142 cm³/mol. The van der Waals surface area contributed by atoms with Crippen molar-refractivity contribution in [2.24, 2.45) is 0 Å². The van der Waals surface area contributed by atoms with Gasteiger partial charge in [-0.2, -0.15) is 4.98 Å². The Morgan fingerprint density at radius 2 is 1.75 bits per heavy atom. The molecular weight excluding hydrogens is 474 g/mol. The molecule has 6 rings (SSSR count). The molecule has 0 radical (unpaired) electrons. The SMILES string of the molecule is Cc1ncccc1-c1nc(C(=O)Nc2cc3sc(N4CCCCC4)nc3nc2N2CCCCC2)co1. The van der Waals surface area contributed by atoms with E-state index in [0.717, 1.165) is 71.6 Å². The van der Waals surface area contributed by atoms with E-state index in [1.54, 1.807) is 17.5 Å². The topological polar surface area (TPSA) is 100 Å². The molecule has 0 aromatic carbocycles. The van der Waals surface area contributed by atoms with E-state index in [4.69, 9.17) is 14.4 Å². The molecule has 2 aliphatic heterocycles. The van der Waals surface area contributed by atoms with Crippen molar-refractivity contribution in [3.05, 3.63) is 42.0 Å².